The Morgan fingerprint density at radius 1 is 1.03 bits per heavy atom. The number of rotatable bonds is 11. The summed E-state index contributed by atoms with van der Waals surface area (Å²) in [6, 6.07) is 21.7. The number of amides is 1. The predicted octanol–water partition coefficient (Wildman–Crippen LogP) is 5.29. The second-order valence-corrected chi connectivity index (χ2v) is 9.51. The lowest BCUT2D eigenvalue weighted by Crippen LogP contribution is -2.24. The van der Waals surface area contributed by atoms with E-state index in [9.17, 15) is 14.4 Å². The molecule has 196 valence electrons. The fourth-order valence-electron chi connectivity index (χ4n) is 3.77. The maximum absolute atomic E-state index is 13.2. The van der Waals surface area contributed by atoms with Crippen molar-refractivity contribution in [1.29, 1.82) is 0 Å². The molecule has 0 radical (unpaired) electrons. The van der Waals surface area contributed by atoms with Crippen molar-refractivity contribution < 1.29 is 19.1 Å². The van der Waals surface area contributed by atoms with Crippen LogP contribution in [-0.2, 0) is 22.7 Å². The van der Waals surface area contributed by atoms with Crippen molar-refractivity contribution in [3.63, 3.8) is 0 Å². The first-order chi connectivity index (χ1) is 18.5. The number of ether oxygens (including phenoxy) is 2. The van der Waals surface area contributed by atoms with Gasteiger partial charge >= 0.3 is 5.97 Å². The minimum atomic E-state index is -0.506. The molecule has 0 aliphatic carbocycles. The van der Waals surface area contributed by atoms with Gasteiger partial charge in [0.05, 0.1) is 29.3 Å². The van der Waals surface area contributed by atoms with E-state index >= 15 is 0 Å². The summed E-state index contributed by atoms with van der Waals surface area (Å²) in [6.07, 6.45) is 1.70. The molecular weight excluding hydrogens is 502 g/mol. The Morgan fingerprint density at radius 2 is 1.79 bits per heavy atom. The highest BCUT2D eigenvalue weighted by atomic mass is 32.2. The van der Waals surface area contributed by atoms with E-state index in [0.717, 1.165) is 18.4 Å². The molecule has 0 unspecified atom stereocenters. The zero-order valence-corrected chi connectivity index (χ0v) is 22.1. The van der Waals surface area contributed by atoms with E-state index in [4.69, 9.17) is 9.47 Å². The molecule has 0 aliphatic heterocycles. The third-order valence-corrected chi connectivity index (χ3v) is 6.77. The summed E-state index contributed by atoms with van der Waals surface area (Å²) in [5.41, 5.74) is 2.21. The fraction of sp³-hybridized carbons (Fsp3) is 0.241. The topological polar surface area (TPSA) is 99.5 Å². The maximum Gasteiger partial charge on any atom is 0.337 e. The molecule has 1 N–H and O–H groups in total. The summed E-state index contributed by atoms with van der Waals surface area (Å²) in [5, 5.41) is 3.71. The number of esters is 1. The molecule has 0 aliphatic rings. The lowest BCUT2D eigenvalue weighted by atomic mass is 10.1. The van der Waals surface area contributed by atoms with E-state index in [1.54, 1.807) is 41.0 Å². The molecular formula is C29H29N3O5S. The maximum atomic E-state index is 13.2. The summed E-state index contributed by atoms with van der Waals surface area (Å²) >= 11 is 1.18. The minimum Gasteiger partial charge on any atom is -0.489 e. The third kappa shape index (κ3) is 6.80. The Morgan fingerprint density at radius 3 is 2.50 bits per heavy atom. The van der Waals surface area contributed by atoms with Gasteiger partial charge in [0.25, 0.3) is 5.56 Å². The van der Waals surface area contributed by atoms with Gasteiger partial charge in [0, 0.05) is 12.2 Å². The SMILES string of the molecule is CCCCn1c(SCC(=O)Nc2ccc(OCc3ccccc3)cc2)nc2cc(C(=O)OC)ccc2c1=O. The Labute approximate surface area is 225 Å². The zero-order chi connectivity index (χ0) is 26.9. The highest BCUT2D eigenvalue weighted by molar-refractivity contribution is 7.99. The molecule has 4 rings (SSSR count). The number of aromatic nitrogens is 2. The van der Waals surface area contributed by atoms with Crippen molar-refractivity contribution in [3.05, 3.63) is 94.3 Å². The van der Waals surface area contributed by atoms with Crippen molar-refractivity contribution in [2.45, 2.75) is 38.1 Å². The number of nitrogens with zero attached hydrogens (tertiary/aromatic N) is 2. The second-order valence-electron chi connectivity index (χ2n) is 8.56. The molecule has 1 heterocycles. The number of hydrogen-bond acceptors (Lipinski definition) is 7. The summed E-state index contributed by atoms with van der Waals surface area (Å²) in [5.74, 6) is 0.0296. The minimum absolute atomic E-state index is 0.0625. The number of nitrogens with one attached hydrogen (secondary N) is 1. The van der Waals surface area contributed by atoms with Crippen molar-refractivity contribution in [1.82, 2.24) is 9.55 Å². The van der Waals surface area contributed by atoms with Crippen LogP contribution in [0.3, 0.4) is 0 Å². The van der Waals surface area contributed by atoms with Gasteiger partial charge in [-0.1, -0.05) is 55.4 Å². The quantitative estimate of drug-likeness (QED) is 0.159. The number of anilines is 1. The largest absolute Gasteiger partial charge is 0.489 e. The van der Waals surface area contributed by atoms with Gasteiger partial charge in [-0.15, -0.1) is 0 Å². The number of benzene rings is 3. The molecule has 0 spiro atoms. The molecule has 1 amide bonds. The van der Waals surface area contributed by atoms with E-state index in [0.29, 0.717) is 46.2 Å². The van der Waals surface area contributed by atoms with E-state index in [2.05, 4.69) is 10.3 Å². The molecule has 3 aromatic carbocycles. The molecule has 1 aromatic heterocycles. The zero-order valence-electron chi connectivity index (χ0n) is 21.3. The summed E-state index contributed by atoms with van der Waals surface area (Å²) < 4.78 is 12.2. The molecule has 0 saturated carbocycles. The average Bonchev–Trinajstić information content (AvgIpc) is 2.95. The van der Waals surface area contributed by atoms with Crippen LogP contribution >= 0.6 is 11.8 Å². The molecule has 8 nitrogen and oxygen atoms in total. The molecule has 0 bridgehead atoms. The molecule has 9 heteroatoms. The van der Waals surface area contributed by atoms with Crippen LogP contribution in [0, 0.1) is 0 Å². The lowest BCUT2D eigenvalue weighted by Gasteiger charge is -2.13. The van der Waals surface area contributed by atoms with E-state index in [1.807, 2.05) is 37.3 Å². The third-order valence-electron chi connectivity index (χ3n) is 5.80. The summed E-state index contributed by atoms with van der Waals surface area (Å²) in [7, 11) is 1.30. The Hall–Kier alpha value is -4.11. The molecule has 0 saturated heterocycles. The van der Waals surface area contributed by atoms with E-state index in [1.165, 1.54) is 24.9 Å². The average molecular weight is 532 g/mol. The number of thioether (sulfide) groups is 1. The number of methoxy groups -OCH3 is 1. The van der Waals surface area contributed by atoms with Crippen molar-refractivity contribution in [3.8, 4) is 5.75 Å². The van der Waals surface area contributed by atoms with Crippen LogP contribution in [-0.4, -0.2) is 34.3 Å². The molecule has 0 fully saturated rings. The van der Waals surface area contributed by atoms with E-state index in [-0.39, 0.29) is 17.2 Å². The van der Waals surface area contributed by atoms with Crippen LogP contribution < -0.4 is 15.6 Å². The first-order valence-corrected chi connectivity index (χ1v) is 13.3. The van der Waals surface area contributed by atoms with Crippen molar-refractivity contribution >= 4 is 40.2 Å². The van der Waals surface area contributed by atoms with Gasteiger partial charge in [0.1, 0.15) is 12.4 Å². The van der Waals surface area contributed by atoms with Gasteiger partial charge in [-0.05, 0) is 54.4 Å². The number of unbranched alkanes of at least 4 members (excludes halogenated alkanes) is 1. The summed E-state index contributed by atoms with van der Waals surface area (Å²) in [4.78, 5) is 42.5. The first-order valence-electron chi connectivity index (χ1n) is 12.3. The Kier molecular flexibility index (Phi) is 9.16. The molecule has 0 atom stereocenters. The monoisotopic (exact) mass is 531 g/mol. The van der Waals surface area contributed by atoms with Crippen molar-refractivity contribution in [2.24, 2.45) is 0 Å². The van der Waals surface area contributed by atoms with E-state index < -0.39 is 5.97 Å². The number of carbonyl (C=O) groups is 2. The number of fused-ring (bicyclic) bond motifs is 1. The highest BCUT2D eigenvalue weighted by Crippen LogP contribution is 2.21. The number of hydrogen-bond donors (Lipinski definition) is 1. The smallest absolute Gasteiger partial charge is 0.337 e. The fourth-order valence-corrected chi connectivity index (χ4v) is 4.60. The Balaban J connectivity index is 1.43. The van der Waals surface area contributed by atoms with Gasteiger partial charge < -0.3 is 14.8 Å². The van der Waals surface area contributed by atoms with Crippen LogP contribution in [0.25, 0.3) is 10.9 Å². The van der Waals surface area contributed by atoms with Crippen molar-refractivity contribution in [2.75, 3.05) is 18.2 Å². The molecule has 4 aromatic rings. The number of carbonyl (C=O) groups excluding carboxylic acids is 2. The second kappa shape index (κ2) is 12.9. The van der Waals surface area contributed by atoms with Gasteiger partial charge in [-0.2, -0.15) is 0 Å². The lowest BCUT2D eigenvalue weighted by molar-refractivity contribution is -0.113. The van der Waals surface area contributed by atoms with Crippen LogP contribution in [0.1, 0.15) is 35.7 Å². The van der Waals surface area contributed by atoms with Crippen LogP contribution in [0.5, 0.6) is 5.75 Å². The predicted molar refractivity (Wildman–Crippen MR) is 149 cm³/mol. The van der Waals surface area contributed by atoms with Gasteiger partial charge in [0.15, 0.2) is 5.16 Å². The first kappa shape index (κ1) is 26.9. The normalized spacial score (nSPS) is 10.8. The van der Waals surface area contributed by atoms with Gasteiger partial charge in [-0.3, -0.25) is 14.2 Å². The van der Waals surface area contributed by atoms with Crippen LogP contribution in [0.2, 0.25) is 0 Å². The highest BCUT2D eigenvalue weighted by Gasteiger charge is 2.15. The van der Waals surface area contributed by atoms with Crippen LogP contribution in [0.4, 0.5) is 5.69 Å². The summed E-state index contributed by atoms with van der Waals surface area (Å²) in [6.45, 7) is 2.99. The Bertz CT molecular complexity index is 1470. The van der Waals surface area contributed by atoms with Crippen LogP contribution in [0.15, 0.2) is 82.7 Å². The van der Waals surface area contributed by atoms with Gasteiger partial charge in [0.2, 0.25) is 5.91 Å². The molecule has 38 heavy (non-hydrogen) atoms. The van der Waals surface area contributed by atoms with Gasteiger partial charge in [-0.25, -0.2) is 9.78 Å². The standard InChI is InChI=1S/C29H29N3O5S/c1-3-4-16-32-27(34)24-15-10-21(28(35)36-2)17-25(24)31-29(32)38-19-26(33)30-22-11-13-23(14-12-22)37-18-20-8-6-5-7-9-20/h5-15,17H,3-4,16,18-19H2,1-2H3,(H,30,33).